The van der Waals surface area contributed by atoms with E-state index in [4.69, 9.17) is 4.98 Å². The zero-order valence-corrected chi connectivity index (χ0v) is 13.4. The summed E-state index contributed by atoms with van der Waals surface area (Å²) >= 11 is 1.62. The van der Waals surface area contributed by atoms with E-state index >= 15 is 0 Å². The van der Waals surface area contributed by atoms with Crippen molar-refractivity contribution in [3.05, 3.63) is 40.5 Å². The number of aromatic nitrogens is 2. The molecule has 20 heavy (non-hydrogen) atoms. The molecule has 2 rings (SSSR count). The molecule has 4 nitrogen and oxygen atoms in total. The Morgan fingerprint density at radius 2 is 2.05 bits per heavy atom. The molecule has 108 valence electrons. The Bertz CT molecular complexity index is 531. The summed E-state index contributed by atoms with van der Waals surface area (Å²) in [6, 6.07) is 6.14. The Labute approximate surface area is 124 Å². The molecule has 0 bridgehead atoms. The van der Waals surface area contributed by atoms with E-state index in [1.807, 2.05) is 18.6 Å². The fraction of sp³-hybridized carbons (Fsp3) is 0.467. The summed E-state index contributed by atoms with van der Waals surface area (Å²) < 4.78 is 0. The molecule has 2 aromatic rings. The Balaban J connectivity index is 2.01. The SMILES string of the molecule is CN(Cc1cscn1)c1cccc(CNC(C)(C)C)n1. The van der Waals surface area contributed by atoms with Gasteiger partial charge in [0.2, 0.25) is 0 Å². The highest BCUT2D eigenvalue weighted by Crippen LogP contribution is 2.14. The normalized spacial score (nSPS) is 11.6. The minimum atomic E-state index is 0.101. The molecule has 0 amide bonds. The molecule has 0 radical (unpaired) electrons. The summed E-state index contributed by atoms with van der Waals surface area (Å²) in [5.41, 5.74) is 4.10. The van der Waals surface area contributed by atoms with Crippen molar-refractivity contribution in [1.29, 1.82) is 0 Å². The number of hydrogen-bond donors (Lipinski definition) is 1. The fourth-order valence-corrected chi connectivity index (χ4v) is 2.32. The van der Waals surface area contributed by atoms with Gasteiger partial charge in [0, 0.05) is 24.5 Å². The van der Waals surface area contributed by atoms with E-state index in [1.165, 1.54) is 0 Å². The van der Waals surface area contributed by atoms with Gasteiger partial charge in [-0.05, 0) is 32.9 Å². The van der Waals surface area contributed by atoms with Crippen molar-refractivity contribution >= 4 is 17.2 Å². The predicted octanol–water partition coefficient (Wildman–Crippen LogP) is 3.06. The van der Waals surface area contributed by atoms with Crippen LogP contribution in [0.2, 0.25) is 0 Å². The number of thiazole rings is 1. The first-order chi connectivity index (χ1) is 9.44. The maximum Gasteiger partial charge on any atom is 0.128 e. The molecule has 0 aromatic carbocycles. The minimum Gasteiger partial charge on any atom is -0.354 e. The molecule has 5 heteroatoms. The molecular weight excluding hydrogens is 268 g/mol. The van der Waals surface area contributed by atoms with Crippen LogP contribution in [0.4, 0.5) is 5.82 Å². The monoisotopic (exact) mass is 290 g/mol. The summed E-state index contributed by atoms with van der Waals surface area (Å²) in [5, 5.41) is 5.53. The van der Waals surface area contributed by atoms with Gasteiger partial charge in [0.25, 0.3) is 0 Å². The molecule has 0 saturated carbocycles. The third kappa shape index (κ3) is 4.58. The molecule has 0 aliphatic carbocycles. The second kappa shape index (κ2) is 6.33. The van der Waals surface area contributed by atoms with Crippen LogP contribution in [-0.4, -0.2) is 22.6 Å². The molecule has 0 aliphatic heterocycles. The van der Waals surface area contributed by atoms with Crippen molar-refractivity contribution in [3.63, 3.8) is 0 Å². The maximum absolute atomic E-state index is 4.70. The average Bonchev–Trinajstić information content (AvgIpc) is 2.89. The predicted molar refractivity (Wildman–Crippen MR) is 85.1 cm³/mol. The number of nitrogens with zero attached hydrogens (tertiary/aromatic N) is 3. The average molecular weight is 290 g/mol. The highest BCUT2D eigenvalue weighted by Gasteiger charge is 2.10. The summed E-state index contributed by atoms with van der Waals surface area (Å²) in [7, 11) is 2.04. The second-order valence-electron chi connectivity index (χ2n) is 5.93. The summed E-state index contributed by atoms with van der Waals surface area (Å²) in [4.78, 5) is 11.1. The highest BCUT2D eigenvalue weighted by molar-refractivity contribution is 7.07. The summed E-state index contributed by atoms with van der Waals surface area (Å²) in [6.45, 7) is 8.04. The number of nitrogens with one attached hydrogen (secondary N) is 1. The molecule has 2 heterocycles. The Kier molecular flexibility index (Phi) is 4.73. The maximum atomic E-state index is 4.70. The minimum absolute atomic E-state index is 0.101. The molecule has 1 N–H and O–H groups in total. The van der Waals surface area contributed by atoms with Crippen molar-refractivity contribution in [2.75, 3.05) is 11.9 Å². The van der Waals surface area contributed by atoms with Crippen LogP contribution in [0, 0.1) is 0 Å². The number of hydrogen-bond acceptors (Lipinski definition) is 5. The van der Waals surface area contributed by atoms with E-state index < -0.39 is 0 Å². The Morgan fingerprint density at radius 3 is 2.70 bits per heavy atom. The zero-order valence-electron chi connectivity index (χ0n) is 12.6. The number of rotatable bonds is 5. The van der Waals surface area contributed by atoms with Gasteiger partial charge in [0.05, 0.1) is 23.4 Å². The third-order valence-electron chi connectivity index (χ3n) is 2.87. The quantitative estimate of drug-likeness (QED) is 0.919. The van der Waals surface area contributed by atoms with Crippen molar-refractivity contribution in [2.24, 2.45) is 0 Å². The summed E-state index contributed by atoms with van der Waals surface area (Å²) in [6.07, 6.45) is 0. The van der Waals surface area contributed by atoms with E-state index in [0.29, 0.717) is 0 Å². The van der Waals surface area contributed by atoms with Crippen LogP contribution in [0.3, 0.4) is 0 Å². The standard InChI is InChI=1S/C15H22N4S/c1-15(2,3)17-8-12-6-5-7-14(18-12)19(4)9-13-10-20-11-16-13/h5-7,10-11,17H,8-9H2,1-4H3. The van der Waals surface area contributed by atoms with Crippen LogP contribution in [0.1, 0.15) is 32.2 Å². The largest absolute Gasteiger partial charge is 0.354 e. The first-order valence-corrected chi connectivity index (χ1v) is 7.67. The van der Waals surface area contributed by atoms with Gasteiger partial charge in [-0.1, -0.05) is 6.07 Å². The lowest BCUT2D eigenvalue weighted by molar-refractivity contribution is 0.421. The van der Waals surface area contributed by atoms with E-state index in [0.717, 1.165) is 30.3 Å². The fourth-order valence-electron chi connectivity index (χ4n) is 1.77. The molecule has 0 unspecified atom stereocenters. The van der Waals surface area contributed by atoms with E-state index in [1.54, 1.807) is 11.3 Å². The third-order valence-corrected chi connectivity index (χ3v) is 3.50. The molecule has 2 aromatic heterocycles. The molecule has 0 aliphatic rings. The van der Waals surface area contributed by atoms with Crippen LogP contribution >= 0.6 is 11.3 Å². The molecule has 0 spiro atoms. The van der Waals surface area contributed by atoms with Crippen LogP contribution in [-0.2, 0) is 13.1 Å². The van der Waals surface area contributed by atoms with Crippen molar-refractivity contribution < 1.29 is 0 Å². The number of pyridine rings is 1. The number of anilines is 1. The van der Waals surface area contributed by atoms with E-state index in [9.17, 15) is 0 Å². The first kappa shape index (κ1) is 14.9. The van der Waals surface area contributed by atoms with Crippen LogP contribution in [0.15, 0.2) is 29.1 Å². The lowest BCUT2D eigenvalue weighted by Crippen LogP contribution is -2.35. The van der Waals surface area contributed by atoms with Crippen molar-refractivity contribution in [3.8, 4) is 0 Å². The van der Waals surface area contributed by atoms with E-state index in [-0.39, 0.29) is 5.54 Å². The molecular formula is C15H22N4S. The van der Waals surface area contributed by atoms with Crippen LogP contribution in [0.5, 0.6) is 0 Å². The lowest BCUT2D eigenvalue weighted by Gasteiger charge is -2.21. The molecule has 0 saturated heterocycles. The van der Waals surface area contributed by atoms with Gasteiger partial charge < -0.3 is 10.2 Å². The van der Waals surface area contributed by atoms with Crippen molar-refractivity contribution in [1.82, 2.24) is 15.3 Å². The Hall–Kier alpha value is -1.46. The highest BCUT2D eigenvalue weighted by atomic mass is 32.1. The topological polar surface area (TPSA) is 41.1 Å². The van der Waals surface area contributed by atoms with Gasteiger partial charge in [0.15, 0.2) is 0 Å². The van der Waals surface area contributed by atoms with Gasteiger partial charge in [-0.15, -0.1) is 11.3 Å². The molecule has 0 atom stereocenters. The lowest BCUT2D eigenvalue weighted by atomic mass is 10.1. The van der Waals surface area contributed by atoms with Crippen LogP contribution < -0.4 is 10.2 Å². The van der Waals surface area contributed by atoms with Gasteiger partial charge in [0.1, 0.15) is 5.82 Å². The van der Waals surface area contributed by atoms with Gasteiger partial charge in [-0.3, -0.25) is 0 Å². The van der Waals surface area contributed by atoms with Crippen LogP contribution in [0.25, 0.3) is 0 Å². The van der Waals surface area contributed by atoms with Gasteiger partial charge >= 0.3 is 0 Å². The van der Waals surface area contributed by atoms with Gasteiger partial charge in [-0.2, -0.15) is 0 Å². The van der Waals surface area contributed by atoms with Crippen molar-refractivity contribution in [2.45, 2.75) is 39.4 Å². The zero-order chi connectivity index (χ0) is 14.6. The first-order valence-electron chi connectivity index (χ1n) is 6.73. The smallest absolute Gasteiger partial charge is 0.128 e. The summed E-state index contributed by atoms with van der Waals surface area (Å²) in [5.74, 6) is 0.978. The second-order valence-corrected chi connectivity index (χ2v) is 6.65. The Morgan fingerprint density at radius 1 is 1.25 bits per heavy atom. The van der Waals surface area contributed by atoms with E-state index in [2.05, 4.69) is 53.5 Å². The van der Waals surface area contributed by atoms with Gasteiger partial charge in [-0.25, -0.2) is 9.97 Å². The molecule has 0 fully saturated rings.